The van der Waals surface area contributed by atoms with Gasteiger partial charge >= 0.3 is 0 Å². The van der Waals surface area contributed by atoms with Crippen LogP contribution in [0.5, 0.6) is 23.0 Å². The molecule has 2 aromatic carbocycles. The molecule has 0 radical (unpaired) electrons. The van der Waals surface area contributed by atoms with E-state index in [0.717, 1.165) is 32.5 Å². The Morgan fingerprint density at radius 1 is 0.971 bits per heavy atom. The second-order valence-corrected chi connectivity index (χ2v) is 9.01. The molecule has 1 saturated heterocycles. The van der Waals surface area contributed by atoms with Crippen molar-refractivity contribution in [1.82, 2.24) is 15.2 Å². The minimum Gasteiger partial charge on any atom is -0.493 e. The van der Waals surface area contributed by atoms with Crippen molar-refractivity contribution in [2.45, 2.75) is 25.4 Å². The molecule has 2 N–H and O–H groups in total. The summed E-state index contributed by atoms with van der Waals surface area (Å²) in [7, 11) is 3.07. The van der Waals surface area contributed by atoms with Crippen LogP contribution in [-0.2, 0) is 6.54 Å². The maximum Gasteiger partial charge on any atom is 0.259 e. The summed E-state index contributed by atoms with van der Waals surface area (Å²) in [6.45, 7) is 3.42. The maximum atomic E-state index is 13.9. The van der Waals surface area contributed by atoms with Crippen LogP contribution in [0.4, 0.5) is 0 Å². The standard InChI is InChI=1S/C26H27N3O6/c1-32-19-8-15-18(11-20(19)33-2)26(31)29(7-3-4-14-12-27-5-6-28-14)24-16-9-21-22(35-13-34-21)10-17(16)25(30)23(15)24/h8-11,14,27-28H,3-7,12-13H2,1-2H3. The van der Waals surface area contributed by atoms with Crippen LogP contribution < -0.4 is 35.1 Å². The lowest BCUT2D eigenvalue weighted by atomic mass is 10.0. The van der Waals surface area contributed by atoms with Crippen molar-refractivity contribution in [1.29, 1.82) is 0 Å². The number of nitrogens with zero attached hydrogens (tertiary/aromatic N) is 1. The van der Waals surface area contributed by atoms with Gasteiger partial charge in [-0.1, -0.05) is 0 Å². The maximum absolute atomic E-state index is 13.9. The van der Waals surface area contributed by atoms with Crippen LogP contribution in [0.15, 0.2) is 29.1 Å². The fourth-order valence-electron chi connectivity index (χ4n) is 5.37. The van der Waals surface area contributed by atoms with E-state index in [1.807, 2.05) is 6.07 Å². The van der Waals surface area contributed by atoms with Crippen LogP contribution in [-0.4, -0.2) is 57.0 Å². The van der Waals surface area contributed by atoms with Crippen molar-refractivity contribution >= 4 is 16.6 Å². The molecular weight excluding hydrogens is 450 g/mol. The predicted octanol–water partition coefficient (Wildman–Crippen LogP) is 2.30. The number of benzene rings is 2. The molecule has 1 atom stereocenters. The number of hydrogen-bond donors (Lipinski definition) is 2. The number of piperazine rings is 1. The number of carbonyl (C=O) groups is 1. The fraction of sp³-hybridized carbons (Fsp3) is 0.385. The van der Waals surface area contributed by atoms with Crippen LogP contribution >= 0.6 is 0 Å². The number of carbonyl (C=O) groups excluding carboxylic acids is 1. The Morgan fingerprint density at radius 2 is 1.69 bits per heavy atom. The molecule has 0 saturated carbocycles. The molecule has 2 aliphatic heterocycles. The number of pyridine rings is 1. The molecule has 1 unspecified atom stereocenters. The first-order valence-corrected chi connectivity index (χ1v) is 11.9. The van der Waals surface area contributed by atoms with Crippen molar-refractivity contribution in [2.24, 2.45) is 0 Å². The fourth-order valence-corrected chi connectivity index (χ4v) is 5.37. The Kier molecular flexibility index (Phi) is 5.38. The number of aromatic nitrogens is 1. The molecule has 0 bridgehead atoms. The summed E-state index contributed by atoms with van der Waals surface area (Å²) in [5, 5.41) is 7.90. The molecule has 0 amide bonds. The third kappa shape index (κ3) is 3.45. The Labute approximate surface area is 201 Å². The first-order valence-electron chi connectivity index (χ1n) is 11.9. The van der Waals surface area contributed by atoms with E-state index in [0.29, 0.717) is 68.7 Å². The van der Waals surface area contributed by atoms with Gasteiger partial charge in [-0.2, -0.15) is 0 Å². The van der Waals surface area contributed by atoms with Gasteiger partial charge in [0.25, 0.3) is 5.56 Å². The first kappa shape index (κ1) is 21.9. The summed E-state index contributed by atoms with van der Waals surface area (Å²) in [4.78, 5) is 27.6. The molecular formula is C26H27N3O6. The molecule has 3 aliphatic rings. The van der Waals surface area contributed by atoms with Gasteiger partial charge in [-0.3, -0.25) is 9.59 Å². The summed E-state index contributed by atoms with van der Waals surface area (Å²) >= 11 is 0. The van der Waals surface area contributed by atoms with Crippen molar-refractivity contribution in [3.05, 3.63) is 45.7 Å². The topological polar surface area (TPSA) is 100 Å². The van der Waals surface area contributed by atoms with Gasteiger partial charge in [0.05, 0.1) is 30.9 Å². The number of rotatable bonds is 6. The smallest absolute Gasteiger partial charge is 0.259 e. The second kappa shape index (κ2) is 8.58. The number of nitrogens with one attached hydrogen (secondary N) is 2. The minimum absolute atomic E-state index is 0.114. The highest BCUT2D eigenvalue weighted by atomic mass is 16.7. The van der Waals surface area contributed by atoms with Crippen LogP contribution in [0.2, 0.25) is 0 Å². The summed E-state index contributed by atoms with van der Waals surface area (Å²) in [6.07, 6.45) is 1.71. The molecule has 9 nitrogen and oxygen atoms in total. The van der Waals surface area contributed by atoms with Crippen LogP contribution in [0.1, 0.15) is 28.8 Å². The quantitative estimate of drug-likeness (QED) is 0.437. The monoisotopic (exact) mass is 477 g/mol. The van der Waals surface area contributed by atoms with Gasteiger partial charge in [-0.15, -0.1) is 0 Å². The van der Waals surface area contributed by atoms with Gasteiger partial charge in [-0.05, 0) is 37.1 Å². The van der Waals surface area contributed by atoms with Crippen molar-refractivity contribution in [3.63, 3.8) is 0 Å². The van der Waals surface area contributed by atoms with Crippen LogP contribution in [0.3, 0.4) is 0 Å². The van der Waals surface area contributed by atoms with Gasteiger partial charge in [0.2, 0.25) is 6.79 Å². The number of ketones is 1. The molecule has 3 heterocycles. The SMILES string of the molecule is COc1cc2c3c(n(CCCC4CNCCN4)c(=O)c2cc1OC)-c1cc2c(cc1C3=O)OCO2. The largest absolute Gasteiger partial charge is 0.493 e. The number of ether oxygens (including phenoxy) is 4. The average Bonchev–Trinajstić information content (AvgIpc) is 3.46. The van der Waals surface area contributed by atoms with Crippen molar-refractivity contribution in [3.8, 4) is 34.3 Å². The highest BCUT2D eigenvalue weighted by Gasteiger charge is 2.35. The molecule has 0 spiro atoms. The zero-order chi connectivity index (χ0) is 24.1. The van der Waals surface area contributed by atoms with E-state index in [-0.39, 0.29) is 18.1 Å². The molecule has 35 heavy (non-hydrogen) atoms. The Balaban J connectivity index is 1.53. The molecule has 1 aromatic heterocycles. The average molecular weight is 478 g/mol. The van der Waals surface area contributed by atoms with Crippen molar-refractivity contribution in [2.75, 3.05) is 40.6 Å². The van der Waals surface area contributed by atoms with Crippen molar-refractivity contribution < 1.29 is 23.7 Å². The summed E-state index contributed by atoms with van der Waals surface area (Å²) in [5.41, 5.74) is 2.17. The van der Waals surface area contributed by atoms with Gasteiger partial charge < -0.3 is 34.1 Å². The van der Waals surface area contributed by atoms with E-state index in [2.05, 4.69) is 10.6 Å². The molecule has 3 aromatic rings. The van der Waals surface area contributed by atoms with E-state index in [1.165, 1.54) is 14.2 Å². The molecule has 1 aliphatic carbocycles. The normalized spacial score (nSPS) is 18.0. The predicted molar refractivity (Wildman–Crippen MR) is 130 cm³/mol. The van der Waals surface area contributed by atoms with E-state index >= 15 is 0 Å². The highest BCUT2D eigenvalue weighted by molar-refractivity contribution is 6.27. The molecule has 9 heteroatoms. The Bertz CT molecular complexity index is 1410. The van der Waals surface area contributed by atoms with E-state index in [9.17, 15) is 9.59 Å². The zero-order valence-corrected chi connectivity index (χ0v) is 19.7. The van der Waals surface area contributed by atoms with Gasteiger partial charge in [0.1, 0.15) is 0 Å². The number of methoxy groups -OCH3 is 2. The molecule has 1 fully saturated rings. The summed E-state index contributed by atoms with van der Waals surface area (Å²) in [6, 6.07) is 7.29. The van der Waals surface area contributed by atoms with E-state index in [4.69, 9.17) is 18.9 Å². The molecule has 6 rings (SSSR count). The minimum atomic E-state index is -0.159. The van der Waals surface area contributed by atoms with E-state index in [1.54, 1.807) is 22.8 Å². The van der Waals surface area contributed by atoms with Crippen LogP contribution in [0.25, 0.3) is 22.0 Å². The van der Waals surface area contributed by atoms with Gasteiger partial charge in [0, 0.05) is 48.7 Å². The zero-order valence-electron chi connectivity index (χ0n) is 19.7. The lowest BCUT2D eigenvalue weighted by Gasteiger charge is -2.24. The summed E-state index contributed by atoms with van der Waals surface area (Å²) < 4.78 is 23.8. The molecule has 182 valence electrons. The Morgan fingerprint density at radius 3 is 2.37 bits per heavy atom. The third-order valence-corrected chi connectivity index (χ3v) is 7.07. The lowest BCUT2D eigenvalue weighted by Crippen LogP contribution is -2.48. The highest BCUT2D eigenvalue weighted by Crippen LogP contribution is 2.46. The van der Waals surface area contributed by atoms with E-state index < -0.39 is 0 Å². The summed E-state index contributed by atoms with van der Waals surface area (Å²) in [5.74, 6) is 1.89. The van der Waals surface area contributed by atoms with Gasteiger partial charge in [-0.25, -0.2) is 0 Å². The number of fused-ring (bicyclic) bond motifs is 6. The van der Waals surface area contributed by atoms with Gasteiger partial charge in [0.15, 0.2) is 28.8 Å². The van der Waals surface area contributed by atoms with Crippen LogP contribution in [0, 0.1) is 0 Å². The Hall–Kier alpha value is -3.56. The first-order chi connectivity index (χ1) is 17.1. The second-order valence-electron chi connectivity index (χ2n) is 9.01. The lowest BCUT2D eigenvalue weighted by molar-refractivity contribution is 0.104. The number of hydrogen-bond acceptors (Lipinski definition) is 8. The third-order valence-electron chi connectivity index (χ3n) is 7.07.